The second-order valence-corrected chi connectivity index (χ2v) is 4.45. The maximum absolute atomic E-state index is 12.0. The van der Waals surface area contributed by atoms with Crippen molar-refractivity contribution in [3.8, 4) is 0 Å². The van der Waals surface area contributed by atoms with Crippen molar-refractivity contribution in [3.05, 3.63) is 24.8 Å². The number of esters is 1. The SMILES string of the molecule is C=CCNC(=O)C1CC=C[C@@H]2CCOC(=O)[C@H]12. The predicted molar refractivity (Wildman–Crippen MR) is 63.0 cm³/mol. The van der Waals surface area contributed by atoms with Crippen molar-refractivity contribution in [3.63, 3.8) is 0 Å². The van der Waals surface area contributed by atoms with Crippen molar-refractivity contribution in [1.82, 2.24) is 5.32 Å². The van der Waals surface area contributed by atoms with Crippen LogP contribution in [0.4, 0.5) is 0 Å². The molecule has 1 fully saturated rings. The molecule has 3 atom stereocenters. The fraction of sp³-hybridized carbons (Fsp3) is 0.538. The molecule has 0 aromatic heterocycles. The van der Waals surface area contributed by atoms with E-state index in [1.165, 1.54) is 0 Å². The summed E-state index contributed by atoms with van der Waals surface area (Å²) < 4.78 is 5.06. The first-order valence-corrected chi connectivity index (χ1v) is 5.96. The fourth-order valence-electron chi connectivity index (χ4n) is 2.55. The third-order valence-electron chi connectivity index (χ3n) is 3.39. The molecule has 1 amide bonds. The zero-order valence-corrected chi connectivity index (χ0v) is 9.72. The van der Waals surface area contributed by atoms with Gasteiger partial charge >= 0.3 is 5.97 Å². The Morgan fingerprint density at radius 1 is 1.65 bits per heavy atom. The molecule has 1 aliphatic carbocycles. The number of ether oxygens (including phenoxy) is 1. The van der Waals surface area contributed by atoms with E-state index in [1.54, 1.807) is 6.08 Å². The first-order chi connectivity index (χ1) is 8.24. The molecule has 4 nitrogen and oxygen atoms in total. The highest BCUT2D eigenvalue weighted by Gasteiger charge is 2.42. The number of fused-ring (bicyclic) bond motifs is 1. The zero-order valence-electron chi connectivity index (χ0n) is 9.72. The molecule has 1 aliphatic heterocycles. The van der Waals surface area contributed by atoms with Crippen LogP contribution in [-0.4, -0.2) is 25.0 Å². The first kappa shape index (κ1) is 11.9. The number of rotatable bonds is 3. The second-order valence-electron chi connectivity index (χ2n) is 4.45. The summed E-state index contributed by atoms with van der Waals surface area (Å²) >= 11 is 0. The quantitative estimate of drug-likeness (QED) is 0.587. The maximum Gasteiger partial charge on any atom is 0.310 e. The lowest BCUT2D eigenvalue weighted by atomic mass is 9.73. The topological polar surface area (TPSA) is 55.4 Å². The molecule has 0 spiro atoms. The molecule has 2 rings (SSSR count). The highest BCUT2D eigenvalue weighted by molar-refractivity contribution is 5.86. The molecule has 0 aromatic carbocycles. The van der Waals surface area contributed by atoms with Crippen LogP contribution in [0.5, 0.6) is 0 Å². The smallest absolute Gasteiger partial charge is 0.310 e. The molecular formula is C13H17NO3. The van der Waals surface area contributed by atoms with Gasteiger partial charge in [-0.2, -0.15) is 0 Å². The number of cyclic esters (lactones) is 1. The number of carbonyl (C=O) groups excluding carboxylic acids is 2. The number of allylic oxidation sites excluding steroid dienone is 2. The van der Waals surface area contributed by atoms with Gasteiger partial charge in [-0.3, -0.25) is 9.59 Å². The number of amides is 1. The van der Waals surface area contributed by atoms with Crippen molar-refractivity contribution in [2.24, 2.45) is 17.8 Å². The molecule has 0 aromatic rings. The van der Waals surface area contributed by atoms with Crippen LogP contribution in [0.15, 0.2) is 24.8 Å². The van der Waals surface area contributed by atoms with Gasteiger partial charge in [-0.25, -0.2) is 0 Å². The lowest BCUT2D eigenvalue weighted by molar-refractivity contribution is -0.161. The number of hydrogen-bond acceptors (Lipinski definition) is 3. The third-order valence-corrected chi connectivity index (χ3v) is 3.39. The van der Waals surface area contributed by atoms with Crippen LogP contribution in [0.1, 0.15) is 12.8 Å². The maximum atomic E-state index is 12.0. The molecule has 4 heteroatoms. The van der Waals surface area contributed by atoms with Crippen molar-refractivity contribution < 1.29 is 14.3 Å². The summed E-state index contributed by atoms with van der Waals surface area (Å²) in [6.07, 6.45) is 7.10. The number of nitrogens with one attached hydrogen (secondary N) is 1. The van der Waals surface area contributed by atoms with Gasteiger partial charge in [0.25, 0.3) is 0 Å². The largest absolute Gasteiger partial charge is 0.465 e. The monoisotopic (exact) mass is 235 g/mol. The van der Waals surface area contributed by atoms with Gasteiger partial charge in [0.15, 0.2) is 0 Å². The van der Waals surface area contributed by atoms with Crippen molar-refractivity contribution >= 4 is 11.9 Å². The van der Waals surface area contributed by atoms with Crippen molar-refractivity contribution in [2.45, 2.75) is 12.8 Å². The van der Waals surface area contributed by atoms with E-state index in [0.29, 0.717) is 19.6 Å². The van der Waals surface area contributed by atoms with Gasteiger partial charge in [0.1, 0.15) is 0 Å². The standard InChI is InChI=1S/C13H17NO3/c1-2-7-14-12(15)10-5-3-4-9-6-8-17-13(16)11(9)10/h2-4,9-11H,1,5-8H2,(H,14,15)/t9-,10?,11+/m1/s1. The summed E-state index contributed by atoms with van der Waals surface area (Å²) in [4.78, 5) is 23.7. The Bertz CT molecular complexity index is 362. The molecule has 2 aliphatic rings. The molecule has 17 heavy (non-hydrogen) atoms. The van der Waals surface area contributed by atoms with Gasteiger partial charge in [-0.1, -0.05) is 18.2 Å². The minimum Gasteiger partial charge on any atom is -0.465 e. The lowest BCUT2D eigenvalue weighted by Gasteiger charge is -2.35. The Morgan fingerprint density at radius 2 is 2.47 bits per heavy atom. The summed E-state index contributed by atoms with van der Waals surface area (Å²) in [5, 5.41) is 2.76. The molecule has 1 N–H and O–H groups in total. The van der Waals surface area contributed by atoms with Crippen LogP contribution in [-0.2, 0) is 14.3 Å². The van der Waals surface area contributed by atoms with Gasteiger partial charge in [0.2, 0.25) is 5.91 Å². The van der Waals surface area contributed by atoms with E-state index in [1.807, 2.05) is 12.2 Å². The number of hydrogen-bond donors (Lipinski definition) is 1. The van der Waals surface area contributed by atoms with Gasteiger partial charge < -0.3 is 10.1 Å². The Hall–Kier alpha value is -1.58. The second kappa shape index (κ2) is 5.17. The van der Waals surface area contributed by atoms with E-state index >= 15 is 0 Å². The highest BCUT2D eigenvalue weighted by atomic mass is 16.5. The normalized spacial score (nSPS) is 31.3. The molecule has 0 bridgehead atoms. The predicted octanol–water partition coefficient (Wildman–Crippen LogP) is 1.04. The summed E-state index contributed by atoms with van der Waals surface area (Å²) in [6, 6.07) is 0. The van der Waals surface area contributed by atoms with Crippen LogP contribution < -0.4 is 5.32 Å². The summed E-state index contributed by atoms with van der Waals surface area (Å²) in [7, 11) is 0. The third kappa shape index (κ3) is 2.40. The zero-order chi connectivity index (χ0) is 12.3. The molecular weight excluding hydrogens is 218 g/mol. The highest BCUT2D eigenvalue weighted by Crippen LogP contribution is 2.36. The van der Waals surface area contributed by atoms with Gasteiger partial charge in [-0.15, -0.1) is 6.58 Å². The Morgan fingerprint density at radius 3 is 3.24 bits per heavy atom. The Balaban J connectivity index is 2.10. The number of carbonyl (C=O) groups is 2. The van der Waals surface area contributed by atoms with Gasteiger partial charge in [0.05, 0.1) is 18.4 Å². The van der Waals surface area contributed by atoms with Crippen LogP contribution in [0.25, 0.3) is 0 Å². The van der Waals surface area contributed by atoms with E-state index in [9.17, 15) is 9.59 Å². The first-order valence-electron chi connectivity index (χ1n) is 5.96. The van der Waals surface area contributed by atoms with E-state index in [-0.39, 0.29) is 29.6 Å². The molecule has 1 heterocycles. The van der Waals surface area contributed by atoms with E-state index < -0.39 is 0 Å². The minimum atomic E-state index is -0.307. The van der Waals surface area contributed by atoms with Crippen molar-refractivity contribution in [2.75, 3.05) is 13.2 Å². The van der Waals surface area contributed by atoms with Crippen LogP contribution >= 0.6 is 0 Å². The van der Waals surface area contributed by atoms with E-state index in [0.717, 1.165) is 6.42 Å². The van der Waals surface area contributed by atoms with Gasteiger partial charge in [-0.05, 0) is 18.8 Å². The van der Waals surface area contributed by atoms with Crippen LogP contribution in [0.2, 0.25) is 0 Å². The molecule has 1 unspecified atom stereocenters. The summed E-state index contributed by atoms with van der Waals surface area (Å²) in [5.74, 6) is -0.756. The average Bonchev–Trinajstić information content (AvgIpc) is 2.35. The molecule has 1 saturated heterocycles. The van der Waals surface area contributed by atoms with E-state index in [4.69, 9.17) is 4.74 Å². The molecule has 92 valence electrons. The Labute approximate surface area is 101 Å². The molecule has 0 radical (unpaired) electrons. The molecule has 0 saturated carbocycles. The minimum absolute atomic E-state index is 0.0805. The Kier molecular flexibility index (Phi) is 3.61. The fourth-order valence-corrected chi connectivity index (χ4v) is 2.55. The van der Waals surface area contributed by atoms with Crippen molar-refractivity contribution in [1.29, 1.82) is 0 Å². The van der Waals surface area contributed by atoms with Crippen LogP contribution in [0.3, 0.4) is 0 Å². The summed E-state index contributed by atoms with van der Waals surface area (Å²) in [6.45, 7) is 4.45. The lowest BCUT2D eigenvalue weighted by Crippen LogP contribution is -2.45. The summed E-state index contributed by atoms with van der Waals surface area (Å²) in [5.41, 5.74) is 0. The van der Waals surface area contributed by atoms with Crippen LogP contribution in [0, 0.1) is 17.8 Å². The van der Waals surface area contributed by atoms with E-state index in [2.05, 4.69) is 11.9 Å². The van der Waals surface area contributed by atoms with Gasteiger partial charge in [0, 0.05) is 6.54 Å². The average molecular weight is 235 g/mol.